The number of anilines is 2. The molecule has 40 heavy (non-hydrogen) atoms. The van der Waals surface area contributed by atoms with Crippen molar-refractivity contribution in [1.82, 2.24) is 19.9 Å². The second-order valence-corrected chi connectivity index (χ2v) is 9.97. The van der Waals surface area contributed by atoms with E-state index in [1.165, 1.54) is 4.90 Å². The summed E-state index contributed by atoms with van der Waals surface area (Å²) in [4.78, 5) is 18.4. The van der Waals surface area contributed by atoms with Gasteiger partial charge in [-0.1, -0.05) is 17.7 Å². The van der Waals surface area contributed by atoms with Crippen LogP contribution in [0.4, 0.5) is 38.1 Å². The molecule has 210 valence electrons. The van der Waals surface area contributed by atoms with Gasteiger partial charge in [-0.3, -0.25) is 0 Å². The molecule has 1 N–H and O–H groups in total. The molecule has 0 radical (unpaired) electrons. The van der Waals surface area contributed by atoms with Gasteiger partial charge < -0.3 is 19.5 Å². The largest absolute Gasteiger partial charge is 0.433 e. The Morgan fingerprint density at radius 1 is 0.900 bits per heavy atom. The number of pyridine rings is 1. The van der Waals surface area contributed by atoms with Gasteiger partial charge in [0.25, 0.3) is 0 Å². The molecule has 1 unspecified atom stereocenters. The number of benzene rings is 1. The van der Waals surface area contributed by atoms with E-state index in [0.717, 1.165) is 16.5 Å². The third-order valence-corrected chi connectivity index (χ3v) is 7.30. The molecule has 14 heteroatoms. The van der Waals surface area contributed by atoms with Crippen molar-refractivity contribution in [3.05, 3.63) is 75.8 Å². The zero-order chi connectivity index (χ0) is 28.2. The maximum atomic E-state index is 13.6. The average Bonchev–Trinajstić information content (AvgIpc) is 3.30. The van der Waals surface area contributed by atoms with E-state index in [-0.39, 0.29) is 12.6 Å². The van der Waals surface area contributed by atoms with E-state index in [4.69, 9.17) is 16.3 Å². The van der Waals surface area contributed by atoms with Gasteiger partial charge in [0, 0.05) is 47.5 Å². The van der Waals surface area contributed by atoms with Crippen molar-refractivity contribution in [3.8, 4) is 0 Å². The summed E-state index contributed by atoms with van der Waals surface area (Å²) < 4.78 is 87.2. The van der Waals surface area contributed by atoms with E-state index < -0.39 is 35.7 Å². The zero-order valence-electron chi connectivity index (χ0n) is 20.7. The molecule has 7 nitrogen and oxygen atoms in total. The van der Waals surface area contributed by atoms with Gasteiger partial charge in [0.1, 0.15) is 5.82 Å². The Bertz CT molecular complexity index is 1520. The predicted octanol–water partition coefficient (Wildman–Crippen LogP) is 6.03. The van der Waals surface area contributed by atoms with Gasteiger partial charge in [-0.25, -0.2) is 15.0 Å². The number of alkyl halides is 6. The maximum Gasteiger partial charge on any atom is 0.433 e. The Morgan fingerprint density at radius 3 is 2.23 bits per heavy atom. The fourth-order valence-electron chi connectivity index (χ4n) is 5.21. The van der Waals surface area contributed by atoms with Crippen LogP contribution in [0.25, 0.3) is 10.9 Å². The topological polar surface area (TPSA) is 70.2 Å². The minimum absolute atomic E-state index is 0.0565. The molecule has 1 aromatic carbocycles. The van der Waals surface area contributed by atoms with Crippen molar-refractivity contribution in [2.75, 3.05) is 42.6 Å². The average molecular weight is 583 g/mol. The monoisotopic (exact) mass is 582 g/mol. The molecule has 0 spiro atoms. The van der Waals surface area contributed by atoms with E-state index in [9.17, 15) is 26.3 Å². The number of aromatic amines is 1. The van der Waals surface area contributed by atoms with Crippen molar-refractivity contribution in [1.29, 1.82) is 0 Å². The molecule has 0 bridgehead atoms. The Hall–Kier alpha value is -3.58. The number of aromatic nitrogens is 4. The molecule has 6 rings (SSSR count). The fourth-order valence-corrected chi connectivity index (χ4v) is 5.39. The molecule has 0 amide bonds. The van der Waals surface area contributed by atoms with Crippen LogP contribution in [0.1, 0.15) is 34.3 Å². The standard InChI is InChI=1S/C26H21ClF6N6O/c27-15-2-3-18-17(11-15)16-5-6-39(24-36-19(25(28,29)30)12-20(37-24)26(31,32)33)23(22(16)35-18)14-1-4-21(34-13-14)38-7-9-40-10-8-38/h1-4,11-13,23,35H,5-10H2. The van der Waals surface area contributed by atoms with Crippen LogP contribution in [-0.2, 0) is 23.5 Å². The summed E-state index contributed by atoms with van der Waals surface area (Å²) in [7, 11) is 0. The minimum Gasteiger partial charge on any atom is -0.378 e. The molecule has 5 heterocycles. The lowest BCUT2D eigenvalue weighted by molar-refractivity contribution is -0.147. The van der Waals surface area contributed by atoms with Gasteiger partial charge in [-0.15, -0.1) is 0 Å². The molecule has 4 aromatic rings. The van der Waals surface area contributed by atoms with Crippen LogP contribution < -0.4 is 9.80 Å². The molecule has 1 saturated heterocycles. The first-order valence-electron chi connectivity index (χ1n) is 12.4. The number of fused-ring (bicyclic) bond motifs is 3. The summed E-state index contributed by atoms with van der Waals surface area (Å²) in [6.07, 6.45) is -8.32. The highest BCUT2D eigenvalue weighted by Crippen LogP contribution is 2.42. The van der Waals surface area contributed by atoms with Crippen LogP contribution in [0.15, 0.2) is 42.6 Å². The predicted molar refractivity (Wildman–Crippen MR) is 136 cm³/mol. The van der Waals surface area contributed by atoms with Crippen LogP contribution in [0, 0.1) is 0 Å². The third kappa shape index (κ3) is 4.92. The highest BCUT2D eigenvalue weighted by atomic mass is 35.5. The van der Waals surface area contributed by atoms with Crippen molar-refractivity contribution >= 4 is 34.3 Å². The van der Waals surface area contributed by atoms with E-state index in [1.807, 2.05) is 4.90 Å². The lowest BCUT2D eigenvalue weighted by atomic mass is 9.93. The number of halogens is 7. The summed E-state index contributed by atoms with van der Waals surface area (Å²) in [6, 6.07) is 7.88. The van der Waals surface area contributed by atoms with Crippen LogP contribution in [0.3, 0.4) is 0 Å². The molecule has 2 aliphatic rings. The zero-order valence-corrected chi connectivity index (χ0v) is 21.4. The van der Waals surface area contributed by atoms with Gasteiger partial charge in [-0.05, 0) is 47.9 Å². The van der Waals surface area contributed by atoms with Crippen molar-refractivity contribution in [2.45, 2.75) is 24.8 Å². The summed E-state index contributed by atoms with van der Waals surface area (Å²) in [5.74, 6) is 0.0134. The van der Waals surface area contributed by atoms with Crippen LogP contribution >= 0.6 is 11.6 Å². The quantitative estimate of drug-likeness (QED) is 0.297. The second-order valence-electron chi connectivity index (χ2n) is 9.54. The summed E-state index contributed by atoms with van der Waals surface area (Å²) in [5.41, 5.74) is -0.597. The van der Waals surface area contributed by atoms with Crippen LogP contribution in [-0.4, -0.2) is 52.8 Å². The van der Waals surface area contributed by atoms with Crippen LogP contribution in [0.5, 0.6) is 0 Å². The SMILES string of the molecule is FC(F)(F)c1cc(C(F)(F)F)nc(N2CCc3c([nH]c4ccc(Cl)cc34)C2c2ccc(N3CCOCC3)nc2)n1. The highest BCUT2D eigenvalue weighted by molar-refractivity contribution is 6.31. The van der Waals surface area contributed by atoms with Gasteiger partial charge in [-0.2, -0.15) is 26.3 Å². The third-order valence-electron chi connectivity index (χ3n) is 7.06. The summed E-state index contributed by atoms with van der Waals surface area (Å²) in [6.45, 7) is 2.45. The van der Waals surface area contributed by atoms with Crippen molar-refractivity contribution in [2.24, 2.45) is 0 Å². The molecule has 0 aliphatic carbocycles. The van der Waals surface area contributed by atoms with E-state index in [1.54, 1.807) is 36.5 Å². The van der Waals surface area contributed by atoms with Crippen molar-refractivity contribution in [3.63, 3.8) is 0 Å². The normalized spacial score (nSPS) is 18.3. The molecule has 0 saturated carbocycles. The number of H-pyrrole nitrogens is 1. The first-order chi connectivity index (χ1) is 19.0. The first kappa shape index (κ1) is 26.6. The van der Waals surface area contributed by atoms with Gasteiger partial charge in [0.2, 0.25) is 5.95 Å². The fraction of sp³-hybridized carbons (Fsp3) is 0.346. The Morgan fingerprint density at radius 2 is 1.60 bits per heavy atom. The summed E-state index contributed by atoms with van der Waals surface area (Å²) >= 11 is 6.23. The molecule has 1 fully saturated rings. The molecular formula is C26H21ClF6N6O. The van der Waals surface area contributed by atoms with E-state index in [2.05, 4.69) is 19.9 Å². The lowest BCUT2D eigenvalue weighted by Gasteiger charge is -2.36. The van der Waals surface area contributed by atoms with E-state index >= 15 is 0 Å². The molecule has 3 aromatic heterocycles. The minimum atomic E-state index is -5.10. The molecular weight excluding hydrogens is 562 g/mol. The molecule has 2 aliphatic heterocycles. The number of rotatable bonds is 3. The molecule has 1 atom stereocenters. The Kier molecular flexibility index (Phi) is 6.53. The van der Waals surface area contributed by atoms with Crippen LogP contribution in [0.2, 0.25) is 5.02 Å². The lowest BCUT2D eigenvalue weighted by Crippen LogP contribution is -2.38. The van der Waals surface area contributed by atoms with E-state index in [0.29, 0.717) is 54.8 Å². The van der Waals surface area contributed by atoms with Gasteiger partial charge in [0.05, 0.1) is 19.3 Å². The highest BCUT2D eigenvalue weighted by Gasteiger charge is 2.42. The second kappa shape index (κ2) is 9.81. The van der Waals surface area contributed by atoms with Gasteiger partial charge >= 0.3 is 12.4 Å². The smallest absolute Gasteiger partial charge is 0.378 e. The van der Waals surface area contributed by atoms with Gasteiger partial charge in [0.15, 0.2) is 11.4 Å². The number of hydrogen-bond acceptors (Lipinski definition) is 6. The van der Waals surface area contributed by atoms with Crippen molar-refractivity contribution < 1.29 is 31.1 Å². The summed E-state index contributed by atoms with van der Waals surface area (Å²) in [5, 5.41) is 1.33. The number of morpholine rings is 1. The number of nitrogens with zero attached hydrogens (tertiary/aromatic N) is 5. The number of hydrogen-bond donors (Lipinski definition) is 1. The maximum absolute atomic E-state index is 13.6. The number of ether oxygens (including phenoxy) is 1. The number of nitrogens with one attached hydrogen (secondary N) is 1. The first-order valence-corrected chi connectivity index (χ1v) is 12.8. The Balaban J connectivity index is 1.50. The Labute approximate surface area is 228 Å².